The number of hydrogen-bond acceptors (Lipinski definition) is 8. The van der Waals surface area contributed by atoms with Gasteiger partial charge in [-0.1, -0.05) is 6.92 Å². The van der Waals surface area contributed by atoms with E-state index in [1.807, 2.05) is 0 Å². The smallest absolute Gasteiger partial charge is 1.00 e. The molecule has 0 spiro atoms. The topological polar surface area (TPSA) is 178 Å². The summed E-state index contributed by atoms with van der Waals surface area (Å²) in [7, 11) is 2.30. The summed E-state index contributed by atoms with van der Waals surface area (Å²) in [5, 5.41) is 25.5. The van der Waals surface area contributed by atoms with E-state index in [0.717, 1.165) is 33.7 Å². The third-order valence-electron chi connectivity index (χ3n) is 2.22. The fraction of sp³-hybridized carbons (Fsp3) is 0.786. The molecule has 0 fully saturated rings. The maximum absolute atomic E-state index is 9.00. The summed E-state index contributed by atoms with van der Waals surface area (Å²) >= 11 is 0. The van der Waals surface area contributed by atoms with Crippen molar-refractivity contribution in [2.24, 2.45) is 5.73 Å². The van der Waals surface area contributed by atoms with Gasteiger partial charge in [0, 0.05) is 55.2 Å². The van der Waals surface area contributed by atoms with Crippen molar-refractivity contribution in [2.45, 2.75) is 39.8 Å². The molecular formula is C14H37N2Na3O9Si. The van der Waals surface area contributed by atoms with Crippen molar-refractivity contribution in [1.82, 2.24) is 5.32 Å². The molecule has 6 N–H and O–H groups in total. The van der Waals surface area contributed by atoms with Gasteiger partial charge in [-0.05, 0) is 6.42 Å². The molecule has 0 aliphatic carbocycles. The Morgan fingerprint density at radius 2 is 1.14 bits per heavy atom. The van der Waals surface area contributed by atoms with Crippen LogP contribution in [0.15, 0.2) is 0 Å². The fourth-order valence-corrected chi connectivity index (χ4v) is 3.70. The summed E-state index contributed by atoms with van der Waals surface area (Å²) < 4.78 is 16.1. The summed E-state index contributed by atoms with van der Waals surface area (Å²) in [6.07, 6.45) is 0.891. The van der Waals surface area contributed by atoms with Crippen molar-refractivity contribution in [3.8, 4) is 0 Å². The molecule has 0 bridgehead atoms. The number of carbonyl (C=O) groups is 3. The minimum Gasteiger partial charge on any atom is -1.00 e. The van der Waals surface area contributed by atoms with Gasteiger partial charge >= 0.3 is 97.5 Å². The van der Waals surface area contributed by atoms with Crippen LogP contribution in [0.2, 0.25) is 0 Å². The van der Waals surface area contributed by atoms with E-state index in [9.17, 15) is 0 Å². The molecule has 0 aromatic rings. The van der Waals surface area contributed by atoms with Crippen LogP contribution < -0.4 is 99.7 Å². The molecule has 0 aliphatic heterocycles. The van der Waals surface area contributed by atoms with Gasteiger partial charge in [-0.25, -0.2) is 0 Å². The monoisotopic (exact) mass is 474 g/mol. The standard InChI is InChI=1S/C8H22N2O3Si.3C2H4O2.3Na.3H/c1-5-8(10-7-6-9)14(11-2,12-3)13-4;3*1-2(3)4;;;;;;/h8,10H,5-7,9H2,1-4H3;3*1H3,(H,3,4);;;;;;/q;;;;3*+1;3*-1. The number of carboxylic acids is 3. The van der Waals surface area contributed by atoms with Gasteiger partial charge in [0.05, 0.1) is 5.67 Å². The van der Waals surface area contributed by atoms with Gasteiger partial charge in [-0.15, -0.1) is 0 Å². The average Bonchev–Trinajstić information content (AvgIpc) is 2.50. The summed E-state index contributed by atoms with van der Waals surface area (Å²) in [5.41, 5.74) is 5.53. The van der Waals surface area contributed by atoms with Crippen LogP contribution in [0, 0.1) is 0 Å². The molecule has 0 amide bonds. The van der Waals surface area contributed by atoms with Crippen molar-refractivity contribution < 1.29 is 136 Å². The summed E-state index contributed by atoms with van der Waals surface area (Å²) in [5.74, 6) is -2.50. The minimum atomic E-state index is -2.55. The minimum absolute atomic E-state index is 0. The molecular weight excluding hydrogens is 437 g/mol. The van der Waals surface area contributed by atoms with Crippen molar-refractivity contribution in [3.05, 3.63) is 0 Å². The Labute approximate surface area is 245 Å². The second kappa shape index (κ2) is 34.0. The molecule has 164 valence electrons. The van der Waals surface area contributed by atoms with Gasteiger partial charge in [-0.2, -0.15) is 0 Å². The molecule has 0 aromatic carbocycles. The number of hydrogen-bond donors (Lipinski definition) is 5. The van der Waals surface area contributed by atoms with Crippen LogP contribution in [0.5, 0.6) is 0 Å². The zero-order valence-corrected chi connectivity index (χ0v) is 26.6. The number of nitrogens with two attached hydrogens (primary N) is 1. The maximum Gasteiger partial charge on any atom is 1.00 e. The Morgan fingerprint density at radius 3 is 1.28 bits per heavy atom. The second-order valence-corrected chi connectivity index (χ2v) is 7.61. The summed E-state index contributed by atoms with van der Waals surface area (Å²) in [6.45, 7) is 6.65. The van der Waals surface area contributed by atoms with E-state index >= 15 is 0 Å². The molecule has 0 saturated carbocycles. The van der Waals surface area contributed by atoms with Crippen LogP contribution in [-0.2, 0) is 27.7 Å². The number of nitrogens with one attached hydrogen (secondary N) is 1. The van der Waals surface area contributed by atoms with Crippen LogP contribution in [0.1, 0.15) is 38.4 Å². The van der Waals surface area contributed by atoms with E-state index in [1.165, 1.54) is 0 Å². The Morgan fingerprint density at radius 1 is 0.897 bits per heavy atom. The van der Waals surface area contributed by atoms with Crippen LogP contribution in [0.3, 0.4) is 0 Å². The van der Waals surface area contributed by atoms with E-state index in [1.54, 1.807) is 21.3 Å². The van der Waals surface area contributed by atoms with E-state index in [4.69, 9.17) is 48.7 Å². The third-order valence-corrected chi connectivity index (χ3v) is 5.40. The van der Waals surface area contributed by atoms with Crippen molar-refractivity contribution in [3.63, 3.8) is 0 Å². The van der Waals surface area contributed by atoms with E-state index in [0.29, 0.717) is 6.54 Å². The zero-order valence-electron chi connectivity index (χ0n) is 22.6. The predicted octanol–water partition coefficient (Wildman–Crippen LogP) is -8.65. The van der Waals surface area contributed by atoms with Gasteiger partial charge in [0.1, 0.15) is 0 Å². The first-order valence-corrected chi connectivity index (χ1v) is 9.38. The van der Waals surface area contributed by atoms with Gasteiger partial charge in [0.15, 0.2) is 0 Å². The Bertz CT molecular complexity index is 346. The maximum atomic E-state index is 9.00. The van der Waals surface area contributed by atoms with Gasteiger partial charge in [-0.3, -0.25) is 14.4 Å². The summed E-state index contributed by atoms with van der Waals surface area (Å²) in [4.78, 5) is 27.0. The van der Waals surface area contributed by atoms with Crippen LogP contribution in [0.25, 0.3) is 0 Å². The van der Waals surface area contributed by atoms with Crippen molar-refractivity contribution >= 4 is 26.7 Å². The van der Waals surface area contributed by atoms with Gasteiger partial charge in [0.25, 0.3) is 17.9 Å². The molecule has 29 heavy (non-hydrogen) atoms. The molecule has 11 nitrogen and oxygen atoms in total. The largest absolute Gasteiger partial charge is 1.00 e. The van der Waals surface area contributed by atoms with E-state index < -0.39 is 26.7 Å². The van der Waals surface area contributed by atoms with Gasteiger partial charge in [0.2, 0.25) is 0 Å². The normalized spacial score (nSPS) is 9.52. The molecule has 15 heteroatoms. The SMILES string of the molecule is CC(=O)O.CC(=O)O.CC(=O)O.CCC(NCCN)[Si](OC)(OC)OC.[H-].[H-].[H-].[Na+].[Na+].[Na+]. The van der Waals surface area contributed by atoms with Crippen LogP contribution >= 0.6 is 0 Å². The third kappa shape index (κ3) is 44.0. The van der Waals surface area contributed by atoms with Crippen molar-refractivity contribution in [2.75, 3.05) is 34.4 Å². The molecule has 0 saturated heterocycles. The second-order valence-electron chi connectivity index (χ2n) is 4.48. The molecule has 0 heterocycles. The number of aliphatic carboxylic acids is 3. The molecule has 1 atom stereocenters. The number of rotatable bonds is 8. The Hall–Kier alpha value is 1.43. The van der Waals surface area contributed by atoms with Crippen LogP contribution in [0.4, 0.5) is 0 Å². The first-order valence-electron chi connectivity index (χ1n) is 7.57. The van der Waals surface area contributed by atoms with Gasteiger partial charge < -0.3 is 43.9 Å². The number of carboxylic acid groups (broad SMARTS) is 3. The summed E-state index contributed by atoms with van der Waals surface area (Å²) in [6, 6.07) is 0. The molecule has 1 unspecified atom stereocenters. The zero-order chi connectivity index (χ0) is 21.8. The first kappa shape index (κ1) is 48.0. The first-order chi connectivity index (χ1) is 11.9. The van der Waals surface area contributed by atoms with E-state index in [-0.39, 0.29) is 98.6 Å². The Kier molecular flexibility index (Phi) is 56.4. The van der Waals surface area contributed by atoms with E-state index in [2.05, 4.69) is 12.2 Å². The van der Waals surface area contributed by atoms with Crippen molar-refractivity contribution in [1.29, 1.82) is 0 Å². The Balaban J connectivity index is -0.0000000287. The molecule has 0 aliphatic rings. The fourth-order valence-electron chi connectivity index (χ4n) is 1.45. The average molecular weight is 475 g/mol. The quantitative estimate of drug-likeness (QED) is 0.211. The van der Waals surface area contributed by atoms with Crippen LogP contribution in [-0.4, -0.2) is 82.1 Å². The molecule has 0 rings (SSSR count). The molecule has 0 aromatic heterocycles. The molecule has 0 radical (unpaired) electrons. The predicted molar refractivity (Wildman–Crippen MR) is 101 cm³/mol.